The van der Waals surface area contributed by atoms with Crippen molar-refractivity contribution in [2.45, 2.75) is 52.7 Å². The molecule has 0 aliphatic heterocycles. The smallest absolute Gasteiger partial charge is 0.410 e. The number of carbonyl (C=O) groups is 2. The van der Waals surface area contributed by atoms with Crippen molar-refractivity contribution in [3.05, 3.63) is 70.2 Å². The summed E-state index contributed by atoms with van der Waals surface area (Å²) in [6.45, 7) is 8.14. The number of amides is 1. The van der Waals surface area contributed by atoms with Gasteiger partial charge in [-0.25, -0.2) is 4.79 Å². The Morgan fingerprint density at radius 1 is 1.04 bits per heavy atom. The summed E-state index contributed by atoms with van der Waals surface area (Å²) in [5.41, 5.74) is 2.29. The Labute approximate surface area is 172 Å². The van der Waals surface area contributed by atoms with E-state index in [1.807, 2.05) is 76.2 Å². The minimum Gasteiger partial charge on any atom is -0.444 e. The first-order valence-electron chi connectivity index (χ1n) is 9.42. The van der Waals surface area contributed by atoms with Crippen LogP contribution in [0.3, 0.4) is 0 Å². The van der Waals surface area contributed by atoms with E-state index in [1.54, 1.807) is 4.90 Å². The zero-order valence-electron chi connectivity index (χ0n) is 17.0. The number of benzene rings is 2. The molecule has 0 unspecified atom stereocenters. The molecule has 0 aliphatic rings. The summed E-state index contributed by atoms with van der Waals surface area (Å²) in [5.74, 6) is 0.0725. The van der Waals surface area contributed by atoms with E-state index in [0.717, 1.165) is 16.7 Å². The monoisotopic (exact) mass is 401 g/mol. The number of hydrogen-bond donors (Lipinski definition) is 0. The molecule has 0 saturated heterocycles. The molecule has 2 aromatic carbocycles. The molecule has 28 heavy (non-hydrogen) atoms. The molecular formula is C23H28ClNO3. The summed E-state index contributed by atoms with van der Waals surface area (Å²) in [5, 5.41) is 0.690. The summed E-state index contributed by atoms with van der Waals surface area (Å²) in [6.07, 6.45) is 0.186. The second-order valence-electron chi connectivity index (χ2n) is 7.94. The predicted octanol–water partition coefficient (Wildman–Crippen LogP) is 5.59. The van der Waals surface area contributed by atoms with Gasteiger partial charge < -0.3 is 9.64 Å². The number of ketones is 1. The van der Waals surface area contributed by atoms with Gasteiger partial charge in [-0.15, -0.1) is 0 Å². The summed E-state index contributed by atoms with van der Waals surface area (Å²) < 4.78 is 5.51. The second kappa shape index (κ2) is 9.74. The number of hydrogen-bond acceptors (Lipinski definition) is 3. The van der Waals surface area contributed by atoms with Crippen LogP contribution in [0.5, 0.6) is 0 Å². The second-order valence-corrected chi connectivity index (χ2v) is 8.34. The molecule has 0 aliphatic carbocycles. The lowest BCUT2D eigenvalue weighted by molar-refractivity contribution is -0.118. The molecule has 0 N–H and O–H groups in total. The number of aryl methyl sites for hydroxylation is 1. The minimum absolute atomic E-state index is 0.0725. The van der Waals surface area contributed by atoms with E-state index in [4.69, 9.17) is 16.3 Å². The van der Waals surface area contributed by atoms with Gasteiger partial charge in [-0.05, 0) is 50.5 Å². The minimum atomic E-state index is -0.586. The highest BCUT2D eigenvalue weighted by atomic mass is 35.5. The number of rotatable bonds is 7. The molecule has 2 aromatic rings. The molecule has 5 heteroatoms. The average molecular weight is 402 g/mol. The topological polar surface area (TPSA) is 46.6 Å². The van der Waals surface area contributed by atoms with Crippen LogP contribution in [0.2, 0.25) is 5.02 Å². The molecule has 0 atom stereocenters. The van der Waals surface area contributed by atoms with Crippen molar-refractivity contribution >= 4 is 23.5 Å². The zero-order valence-corrected chi connectivity index (χ0v) is 17.8. The third-order valence-electron chi connectivity index (χ3n) is 4.15. The fourth-order valence-corrected chi connectivity index (χ4v) is 2.88. The van der Waals surface area contributed by atoms with Crippen molar-refractivity contribution < 1.29 is 14.3 Å². The zero-order chi connectivity index (χ0) is 20.7. The summed E-state index contributed by atoms with van der Waals surface area (Å²) in [6, 6.07) is 15.3. The van der Waals surface area contributed by atoms with E-state index in [2.05, 4.69) is 0 Å². The SMILES string of the molecule is Cc1cc(CC(=O)CCN(Cc2ccccc2)C(=O)OC(C)(C)C)ccc1Cl. The Balaban J connectivity index is 2.01. The number of ether oxygens (including phenoxy) is 1. The number of Topliss-reactive ketones (excluding diaryl/α,β-unsaturated/α-hetero) is 1. The van der Waals surface area contributed by atoms with Crippen molar-refractivity contribution in [1.82, 2.24) is 4.90 Å². The molecule has 4 nitrogen and oxygen atoms in total. The van der Waals surface area contributed by atoms with Crippen molar-refractivity contribution in [3.63, 3.8) is 0 Å². The number of halogens is 1. The van der Waals surface area contributed by atoms with Crippen LogP contribution in [0, 0.1) is 6.92 Å². The first-order chi connectivity index (χ1) is 13.1. The van der Waals surface area contributed by atoms with E-state index >= 15 is 0 Å². The van der Waals surface area contributed by atoms with Gasteiger partial charge >= 0.3 is 6.09 Å². The highest BCUT2D eigenvalue weighted by Crippen LogP contribution is 2.18. The molecule has 150 valence electrons. The third-order valence-corrected chi connectivity index (χ3v) is 4.58. The summed E-state index contributed by atoms with van der Waals surface area (Å²) in [7, 11) is 0. The number of nitrogens with zero attached hydrogens (tertiary/aromatic N) is 1. The Hall–Kier alpha value is -2.33. The molecule has 0 spiro atoms. The van der Waals surface area contributed by atoms with Gasteiger partial charge in [0.15, 0.2) is 0 Å². The van der Waals surface area contributed by atoms with Gasteiger partial charge in [0.25, 0.3) is 0 Å². The highest BCUT2D eigenvalue weighted by molar-refractivity contribution is 6.31. The van der Waals surface area contributed by atoms with Crippen molar-refractivity contribution in [2.75, 3.05) is 6.54 Å². The fourth-order valence-electron chi connectivity index (χ4n) is 2.76. The van der Waals surface area contributed by atoms with Crippen LogP contribution >= 0.6 is 11.6 Å². The quantitative estimate of drug-likeness (QED) is 0.607. The summed E-state index contributed by atoms with van der Waals surface area (Å²) in [4.78, 5) is 26.6. The largest absolute Gasteiger partial charge is 0.444 e. The summed E-state index contributed by atoms with van der Waals surface area (Å²) >= 11 is 6.04. The van der Waals surface area contributed by atoms with Crippen LogP contribution < -0.4 is 0 Å². The van der Waals surface area contributed by atoms with Gasteiger partial charge in [-0.3, -0.25) is 4.79 Å². The molecule has 0 saturated carbocycles. The van der Waals surface area contributed by atoms with E-state index < -0.39 is 11.7 Å². The van der Waals surface area contributed by atoms with E-state index in [9.17, 15) is 9.59 Å². The standard InChI is InChI=1S/C23H28ClNO3/c1-17-14-19(10-11-21(17)24)15-20(26)12-13-25(22(27)28-23(2,3)4)16-18-8-6-5-7-9-18/h5-11,14H,12-13,15-16H2,1-4H3. The van der Waals surface area contributed by atoms with E-state index in [0.29, 0.717) is 24.5 Å². The Kier molecular flexibility index (Phi) is 7.64. The van der Waals surface area contributed by atoms with Crippen molar-refractivity contribution in [2.24, 2.45) is 0 Å². The lowest BCUT2D eigenvalue weighted by atomic mass is 10.0. The van der Waals surface area contributed by atoms with Crippen LogP contribution in [-0.2, 0) is 22.5 Å². The maximum absolute atomic E-state index is 12.6. The predicted molar refractivity (Wildman–Crippen MR) is 113 cm³/mol. The maximum Gasteiger partial charge on any atom is 0.410 e. The molecule has 0 radical (unpaired) electrons. The van der Waals surface area contributed by atoms with Crippen molar-refractivity contribution in [3.8, 4) is 0 Å². The van der Waals surface area contributed by atoms with Gasteiger partial charge in [-0.1, -0.05) is 54.1 Å². The average Bonchev–Trinajstić information content (AvgIpc) is 2.61. The molecule has 0 fully saturated rings. The van der Waals surface area contributed by atoms with Gasteiger partial charge in [0.1, 0.15) is 11.4 Å². The fraction of sp³-hybridized carbons (Fsp3) is 0.391. The van der Waals surface area contributed by atoms with Crippen molar-refractivity contribution in [1.29, 1.82) is 0 Å². The first-order valence-corrected chi connectivity index (χ1v) is 9.80. The molecule has 0 aromatic heterocycles. The van der Waals surface area contributed by atoms with Gasteiger partial charge in [0, 0.05) is 31.0 Å². The lowest BCUT2D eigenvalue weighted by Crippen LogP contribution is -2.37. The van der Waals surface area contributed by atoms with Crippen LogP contribution in [0.15, 0.2) is 48.5 Å². The van der Waals surface area contributed by atoms with Crippen LogP contribution in [0.25, 0.3) is 0 Å². The number of carbonyl (C=O) groups excluding carboxylic acids is 2. The maximum atomic E-state index is 12.6. The van der Waals surface area contributed by atoms with Gasteiger partial charge in [0.05, 0.1) is 0 Å². The van der Waals surface area contributed by atoms with Crippen LogP contribution in [0.1, 0.15) is 43.9 Å². The van der Waals surface area contributed by atoms with Gasteiger partial charge in [0.2, 0.25) is 0 Å². The molecule has 1 amide bonds. The van der Waals surface area contributed by atoms with Crippen LogP contribution in [-0.4, -0.2) is 28.9 Å². The Morgan fingerprint density at radius 2 is 1.71 bits per heavy atom. The molecule has 0 heterocycles. The normalized spacial score (nSPS) is 11.2. The Bertz CT molecular complexity index is 812. The third kappa shape index (κ3) is 7.35. The first kappa shape index (κ1) is 22.0. The highest BCUT2D eigenvalue weighted by Gasteiger charge is 2.23. The lowest BCUT2D eigenvalue weighted by Gasteiger charge is -2.27. The molecule has 0 bridgehead atoms. The van der Waals surface area contributed by atoms with Gasteiger partial charge in [-0.2, -0.15) is 0 Å². The molecule has 2 rings (SSSR count). The Morgan fingerprint density at radius 3 is 2.32 bits per heavy atom. The van der Waals surface area contributed by atoms with Crippen LogP contribution in [0.4, 0.5) is 4.79 Å². The molecular weight excluding hydrogens is 374 g/mol. The van der Waals surface area contributed by atoms with E-state index in [-0.39, 0.29) is 12.2 Å². The van der Waals surface area contributed by atoms with E-state index in [1.165, 1.54) is 0 Å².